The van der Waals surface area contributed by atoms with Gasteiger partial charge < -0.3 is 5.11 Å². The van der Waals surface area contributed by atoms with Crippen LogP contribution in [0.1, 0.15) is 57.8 Å². The van der Waals surface area contributed by atoms with E-state index in [2.05, 4.69) is 0 Å². The molecule has 1 N–H and O–H groups in total. The molecule has 1 aliphatic heterocycles. The molecule has 0 aromatic rings. The Balaban J connectivity index is 1.85. The normalized spacial score (nSPS) is 33.1. The van der Waals surface area contributed by atoms with E-state index in [4.69, 9.17) is 0 Å². The minimum atomic E-state index is -0.877. The molecular weight excluding hydrogens is 258 g/mol. The van der Waals surface area contributed by atoms with E-state index in [0.29, 0.717) is 19.3 Å². The zero-order chi connectivity index (χ0) is 14.3. The summed E-state index contributed by atoms with van der Waals surface area (Å²) in [4.78, 5) is 37.7. The van der Waals surface area contributed by atoms with Crippen LogP contribution in [0, 0.1) is 11.3 Å². The Hall–Kier alpha value is -1.39. The summed E-state index contributed by atoms with van der Waals surface area (Å²) in [6.07, 6.45) is 7.01. The number of imide groups is 1. The van der Waals surface area contributed by atoms with Crippen molar-refractivity contribution in [2.24, 2.45) is 11.3 Å². The summed E-state index contributed by atoms with van der Waals surface area (Å²) in [5, 5.41) is 9.27. The molecule has 1 saturated heterocycles. The third kappa shape index (κ3) is 1.95. The fourth-order valence-corrected chi connectivity index (χ4v) is 4.31. The molecule has 2 amide bonds. The molecule has 2 atom stereocenters. The smallest absolute Gasteiger partial charge is 0.308 e. The van der Waals surface area contributed by atoms with Crippen molar-refractivity contribution in [3.63, 3.8) is 0 Å². The van der Waals surface area contributed by atoms with Crippen molar-refractivity contribution in [2.45, 2.75) is 63.8 Å². The Labute approximate surface area is 118 Å². The van der Waals surface area contributed by atoms with Gasteiger partial charge in [0.1, 0.15) is 0 Å². The number of carbonyl (C=O) groups excluding carboxylic acids is 2. The van der Waals surface area contributed by atoms with Crippen molar-refractivity contribution in [3.05, 3.63) is 0 Å². The molecule has 2 aliphatic carbocycles. The number of rotatable bonds is 2. The van der Waals surface area contributed by atoms with Gasteiger partial charge in [-0.2, -0.15) is 0 Å². The van der Waals surface area contributed by atoms with E-state index >= 15 is 0 Å². The summed E-state index contributed by atoms with van der Waals surface area (Å²) >= 11 is 0. The van der Waals surface area contributed by atoms with Crippen LogP contribution in [0.4, 0.5) is 0 Å². The molecule has 0 aromatic heterocycles. The summed E-state index contributed by atoms with van der Waals surface area (Å²) in [5.74, 6) is -1.67. The predicted octanol–water partition coefficient (Wildman–Crippen LogP) is 1.95. The summed E-state index contributed by atoms with van der Waals surface area (Å²) in [7, 11) is 0. The van der Waals surface area contributed by atoms with Crippen molar-refractivity contribution in [1.29, 1.82) is 0 Å². The van der Waals surface area contributed by atoms with Gasteiger partial charge in [-0.25, -0.2) is 0 Å². The van der Waals surface area contributed by atoms with E-state index in [1.165, 1.54) is 4.90 Å². The van der Waals surface area contributed by atoms with Crippen LogP contribution in [-0.2, 0) is 14.4 Å². The van der Waals surface area contributed by atoms with Gasteiger partial charge >= 0.3 is 5.97 Å². The number of nitrogens with zero attached hydrogens (tertiary/aromatic N) is 1. The average Bonchev–Trinajstić information content (AvgIpc) is 2.96. The summed E-state index contributed by atoms with van der Waals surface area (Å²) in [5.41, 5.74) is -0.499. The van der Waals surface area contributed by atoms with Crippen LogP contribution in [0.3, 0.4) is 0 Å². The number of carboxylic acids is 1. The second-order valence-electron chi connectivity index (χ2n) is 6.53. The summed E-state index contributed by atoms with van der Waals surface area (Å²) in [6, 6.07) is -0.409. The van der Waals surface area contributed by atoms with Gasteiger partial charge in [0.05, 0.1) is 17.4 Å². The summed E-state index contributed by atoms with van der Waals surface area (Å²) < 4.78 is 0. The fourth-order valence-electron chi connectivity index (χ4n) is 4.31. The Bertz CT molecular complexity index is 453. The molecular formula is C15H21NO4. The van der Waals surface area contributed by atoms with Crippen LogP contribution in [0.25, 0.3) is 0 Å². The van der Waals surface area contributed by atoms with Crippen molar-refractivity contribution in [3.8, 4) is 0 Å². The molecule has 110 valence electrons. The Morgan fingerprint density at radius 3 is 2.45 bits per heavy atom. The predicted molar refractivity (Wildman–Crippen MR) is 70.8 cm³/mol. The third-order valence-corrected chi connectivity index (χ3v) is 5.37. The highest BCUT2D eigenvalue weighted by Crippen LogP contribution is 2.47. The molecule has 3 fully saturated rings. The van der Waals surface area contributed by atoms with Crippen molar-refractivity contribution < 1.29 is 19.5 Å². The minimum absolute atomic E-state index is 0.0830. The zero-order valence-corrected chi connectivity index (χ0v) is 11.6. The van der Waals surface area contributed by atoms with E-state index in [-0.39, 0.29) is 11.8 Å². The number of hydrogen-bond acceptors (Lipinski definition) is 3. The van der Waals surface area contributed by atoms with Gasteiger partial charge in [0.15, 0.2) is 0 Å². The maximum Gasteiger partial charge on any atom is 0.308 e. The Morgan fingerprint density at radius 2 is 1.80 bits per heavy atom. The van der Waals surface area contributed by atoms with Crippen molar-refractivity contribution in [2.75, 3.05) is 0 Å². The van der Waals surface area contributed by atoms with E-state index in [9.17, 15) is 19.5 Å². The van der Waals surface area contributed by atoms with Crippen LogP contribution >= 0.6 is 0 Å². The molecule has 2 saturated carbocycles. The number of aliphatic carboxylic acids is 1. The fraction of sp³-hybridized carbons (Fsp3) is 0.800. The van der Waals surface area contributed by atoms with Gasteiger partial charge in [-0.1, -0.05) is 25.7 Å². The van der Waals surface area contributed by atoms with E-state index in [0.717, 1.165) is 38.5 Å². The van der Waals surface area contributed by atoms with Crippen molar-refractivity contribution in [1.82, 2.24) is 4.90 Å². The lowest BCUT2D eigenvalue weighted by Crippen LogP contribution is -2.46. The monoisotopic (exact) mass is 279 g/mol. The van der Waals surface area contributed by atoms with Crippen LogP contribution in [0.15, 0.2) is 0 Å². The summed E-state index contributed by atoms with van der Waals surface area (Å²) in [6.45, 7) is 0. The van der Waals surface area contributed by atoms with Gasteiger partial charge in [0, 0.05) is 6.42 Å². The quantitative estimate of drug-likeness (QED) is 0.784. The van der Waals surface area contributed by atoms with Crippen LogP contribution in [0.2, 0.25) is 0 Å². The number of carboxylic acid groups (broad SMARTS) is 1. The number of likely N-dealkylation sites (tertiary alicyclic amines) is 1. The van der Waals surface area contributed by atoms with Gasteiger partial charge in [0.2, 0.25) is 11.8 Å². The Kier molecular flexibility index (Phi) is 3.30. The standard InChI is InChI=1S/C15H21NO4/c17-12-9-15(7-2-1-3-8-15)14(20)16(12)11-6-4-5-10(11)13(18)19/h10-11H,1-9H2,(H,18,19). The second-order valence-corrected chi connectivity index (χ2v) is 6.53. The maximum atomic E-state index is 12.8. The van der Waals surface area contributed by atoms with E-state index < -0.39 is 23.3 Å². The highest BCUT2D eigenvalue weighted by atomic mass is 16.4. The Morgan fingerprint density at radius 1 is 1.10 bits per heavy atom. The lowest BCUT2D eigenvalue weighted by atomic mass is 9.73. The molecule has 1 spiro atoms. The lowest BCUT2D eigenvalue weighted by Gasteiger charge is -2.32. The largest absolute Gasteiger partial charge is 0.481 e. The molecule has 3 aliphatic rings. The van der Waals surface area contributed by atoms with Gasteiger partial charge in [0.25, 0.3) is 0 Å². The number of hydrogen-bond donors (Lipinski definition) is 1. The molecule has 5 heteroatoms. The number of amides is 2. The average molecular weight is 279 g/mol. The SMILES string of the molecule is O=C(O)C1CCCC1N1C(=O)CC2(CCCCC2)C1=O. The molecule has 0 aromatic carbocycles. The molecule has 3 rings (SSSR count). The number of carbonyl (C=O) groups is 3. The second kappa shape index (κ2) is 4.86. The molecule has 0 bridgehead atoms. The van der Waals surface area contributed by atoms with Crippen LogP contribution in [-0.4, -0.2) is 33.8 Å². The molecule has 1 heterocycles. The topological polar surface area (TPSA) is 74.7 Å². The van der Waals surface area contributed by atoms with Crippen molar-refractivity contribution >= 4 is 17.8 Å². The minimum Gasteiger partial charge on any atom is -0.481 e. The van der Waals surface area contributed by atoms with Gasteiger partial charge in [-0.3, -0.25) is 19.3 Å². The van der Waals surface area contributed by atoms with Crippen LogP contribution < -0.4 is 0 Å². The van der Waals surface area contributed by atoms with E-state index in [1.54, 1.807) is 0 Å². The first-order chi connectivity index (χ1) is 9.55. The zero-order valence-electron chi connectivity index (χ0n) is 11.6. The van der Waals surface area contributed by atoms with E-state index in [1.807, 2.05) is 0 Å². The first kappa shape index (κ1) is 13.6. The lowest BCUT2D eigenvalue weighted by molar-refractivity contribution is -0.150. The molecule has 0 radical (unpaired) electrons. The first-order valence-corrected chi connectivity index (χ1v) is 7.64. The highest BCUT2D eigenvalue weighted by molar-refractivity contribution is 6.06. The molecule has 2 unspecified atom stereocenters. The van der Waals surface area contributed by atoms with Gasteiger partial charge in [-0.15, -0.1) is 0 Å². The van der Waals surface area contributed by atoms with Crippen LogP contribution in [0.5, 0.6) is 0 Å². The third-order valence-electron chi connectivity index (χ3n) is 5.37. The first-order valence-electron chi connectivity index (χ1n) is 7.64. The van der Waals surface area contributed by atoms with Gasteiger partial charge in [-0.05, 0) is 25.7 Å². The maximum absolute atomic E-state index is 12.8. The highest BCUT2D eigenvalue weighted by Gasteiger charge is 2.55. The molecule has 20 heavy (non-hydrogen) atoms. The molecule has 5 nitrogen and oxygen atoms in total.